The standard InChI is InChI=1S/C18H27N3O3/c1-3-9-21(4-2)18(24)14-7-5-13(6-8-14)17(23)20-11-15-10-19-12-16(15)22/h5-8,15-16,19,22H,3-4,9-12H2,1-2H3,(H,20,23). The van der Waals surface area contributed by atoms with Crippen molar-refractivity contribution in [1.29, 1.82) is 0 Å². The first-order valence-corrected chi connectivity index (χ1v) is 8.63. The van der Waals surface area contributed by atoms with E-state index >= 15 is 0 Å². The van der Waals surface area contributed by atoms with Crippen LogP contribution < -0.4 is 10.6 Å². The van der Waals surface area contributed by atoms with Crippen molar-refractivity contribution in [3.63, 3.8) is 0 Å². The monoisotopic (exact) mass is 333 g/mol. The Kier molecular flexibility index (Phi) is 6.75. The molecule has 0 aromatic heterocycles. The summed E-state index contributed by atoms with van der Waals surface area (Å²) in [4.78, 5) is 26.3. The van der Waals surface area contributed by atoms with E-state index in [0.717, 1.165) is 13.0 Å². The second-order valence-electron chi connectivity index (χ2n) is 6.16. The first-order valence-electron chi connectivity index (χ1n) is 8.63. The van der Waals surface area contributed by atoms with E-state index in [0.29, 0.717) is 37.3 Å². The molecule has 0 aliphatic carbocycles. The quantitative estimate of drug-likeness (QED) is 0.691. The van der Waals surface area contributed by atoms with Crippen LogP contribution in [0.3, 0.4) is 0 Å². The summed E-state index contributed by atoms with van der Waals surface area (Å²) >= 11 is 0. The molecular weight excluding hydrogens is 306 g/mol. The van der Waals surface area contributed by atoms with E-state index in [1.807, 2.05) is 13.8 Å². The number of nitrogens with one attached hydrogen (secondary N) is 2. The number of amides is 2. The van der Waals surface area contributed by atoms with E-state index in [1.54, 1.807) is 29.2 Å². The lowest BCUT2D eigenvalue weighted by Crippen LogP contribution is -2.34. The molecule has 2 amide bonds. The van der Waals surface area contributed by atoms with Crippen LogP contribution >= 0.6 is 0 Å². The van der Waals surface area contributed by atoms with Gasteiger partial charge in [0.25, 0.3) is 11.8 Å². The van der Waals surface area contributed by atoms with E-state index in [4.69, 9.17) is 0 Å². The summed E-state index contributed by atoms with van der Waals surface area (Å²) in [6.45, 7) is 7.12. The van der Waals surface area contributed by atoms with E-state index in [1.165, 1.54) is 0 Å². The summed E-state index contributed by atoms with van der Waals surface area (Å²) in [6, 6.07) is 6.74. The normalized spacial score (nSPS) is 20.0. The zero-order valence-corrected chi connectivity index (χ0v) is 14.4. The third-order valence-electron chi connectivity index (χ3n) is 4.39. The second kappa shape index (κ2) is 8.80. The second-order valence-corrected chi connectivity index (χ2v) is 6.16. The van der Waals surface area contributed by atoms with Crippen LogP contribution in [0, 0.1) is 5.92 Å². The fraction of sp³-hybridized carbons (Fsp3) is 0.556. The lowest BCUT2D eigenvalue weighted by molar-refractivity contribution is 0.0763. The number of carbonyl (C=O) groups is 2. The fourth-order valence-electron chi connectivity index (χ4n) is 2.87. The molecular formula is C18H27N3O3. The van der Waals surface area contributed by atoms with Gasteiger partial charge in [0.15, 0.2) is 0 Å². The van der Waals surface area contributed by atoms with Crippen molar-refractivity contribution in [2.24, 2.45) is 5.92 Å². The van der Waals surface area contributed by atoms with E-state index in [9.17, 15) is 14.7 Å². The van der Waals surface area contributed by atoms with Crippen molar-refractivity contribution < 1.29 is 14.7 Å². The van der Waals surface area contributed by atoms with Crippen LogP contribution in [0.2, 0.25) is 0 Å². The maximum Gasteiger partial charge on any atom is 0.253 e. The number of β-amino-alcohol motifs (C(OH)–C–C–N with tert-alkyl or cyclic N) is 1. The Hall–Kier alpha value is -1.92. The zero-order valence-electron chi connectivity index (χ0n) is 14.4. The Morgan fingerprint density at radius 3 is 2.42 bits per heavy atom. The molecule has 1 fully saturated rings. The van der Waals surface area contributed by atoms with Crippen molar-refractivity contribution in [2.75, 3.05) is 32.7 Å². The largest absolute Gasteiger partial charge is 0.391 e. The lowest BCUT2D eigenvalue weighted by Gasteiger charge is -2.20. The minimum absolute atomic E-state index is 0.00791. The average molecular weight is 333 g/mol. The van der Waals surface area contributed by atoms with E-state index in [-0.39, 0.29) is 17.7 Å². The summed E-state index contributed by atoms with van der Waals surface area (Å²) in [5.41, 5.74) is 1.11. The molecule has 0 radical (unpaired) electrons. The highest BCUT2D eigenvalue weighted by Gasteiger charge is 2.25. The number of nitrogens with zero attached hydrogens (tertiary/aromatic N) is 1. The molecule has 3 N–H and O–H groups in total. The van der Waals surface area contributed by atoms with Gasteiger partial charge in [-0.3, -0.25) is 9.59 Å². The molecule has 6 nitrogen and oxygen atoms in total. The smallest absolute Gasteiger partial charge is 0.253 e. The molecule has 1 aliphatic rings. The van der Waals surface area contributed by atoms with Crippen molar-refractivity contribution in [2.45, 2.75) is 26.4 Å². The Labute approximate surface area is 143 Å². The van der Waals surface area contributed by atoms with Gasteiger partial charge in [-0.25, -0.2) is 0 Å². The molecule has 6 heteroatoms. The molecule has 0 saturated carbocycles. The van der Waals surface area contributed by atoms with Crippen molar-refractivity contribution in [3.05, 3.63) is 35.4 Å². The number of rotatable bonds is 7. The molecule has 0 spiro atoms. The number of hydrogen-bond donors (Lipinski definition) is 3. The van der Waals surface area contributed by atoms with Crippen LogP contribution in [0.25, 0.3) is 0 Å². The predicted molar refractivity (Wildman–Crippen MR) is 93.0 cm³/mol. The first-order chi connectivity index (χ1) is 11.6. The van der Waals surface area contributed by atoms with Gasteiger partial charge in [0.05, 0.1) is 6.10 Å². The summed E-state index contributed by atoms with van der Waals surface area (Å²) in [7, 11) is 0. The molecule has 2 unspecified atom stereocenters. The zero-order chi connectivity index (χ0) is 17.5. The van der Waals surface area contributed by atoms with Gasteiger partial charge < -0.3 is 20.6 Å². The SMILES string of the molecule is CCCN(CC)C(=O)c1ccc(C(=O)NCC2CNCC2O)cc1. The summed E-state index contributed by atoms with van der Waals surface area (Å²) in [5, 5.41) is 15.7. The van der Waals surface area contributed by atoms with Gasteiger partial charge in [-0.15, -0.1) is 0 Å². The molecule has 1 aromatic carbocycles. The van der Waals surface area contributed by atoms with Gasteiger partial charge >= 0.3 is 0 Å². The van der Waals surface area contributed by atoms with E-state index in [2.05, 4.69) is 10.6 Å². The first kappa shape index (κ1) is 18.4. The highest BCUT2D eigenvalue weighted by Crippen LogP contribution is 2.10. The Balaban J connectivity index is 1.93. The predicted octanol–water partition coefficient (Wildman–Crippen LogP) is 0.869. The molecule has 2 rings (SSSR count). The average Bonchev–Trinajstić information content (AvgIpc) is 3.02. The molecule has 24 heavy (non-hydrogen) atoms. The number of hydrogen-bond acceptors (Lipinski definition) is 4. The van der Waals surface area contributed by atoms with Crippen molar-refractivity contribution in [3.8, 4) is 0 Å². The summed E-state index contributed by atoms with van der Waals surface area (Å²) < 4.78 is 0. The summed E-state index contributed by atoms with van der Waals surface area (Å²) in [6.07, 6.45) is 0.506. The molecule has 1 saturated heterocycles. The third-order valence-corrected chi connectivity index (χ3v) is 4.39. The maximum atomic E-state index is 12.4. The number of carbonyl (C=O) groups excluding carboxylic acids is 2. The van der Waals surface area contributed by atoms with Crippen LogP contribution in [0.4, 0.5) is 0 Å². The van der Waals surface area contributed by atoms with Crippen molar-refractivity contribution >= 4 is 11.8 Å². The van der Waals surface area contributed by atoms with Gasteiger partial charge in [0.1, 0.15) is 0 Å². The minimum Gasteiger partial charge on any atom is -0.391 e. The minimum atomic E-state index is -0.413. The topological polar surface area (TPSA) is 81.7 Å². The summed E-state index contributed by atoms with van der Waals surface area (Å²) in [5.74, 6) is -0.151. The molecule has 1 aliphatic heterocycles. The van der Waals surface area contributed by atoms with Crippen LogP contribution in [-0.4, -0.2) is 60.6 Å². The van der Waals surface area contributed by atoms with Crippen LogP contribution in [0.1, 0.15) is 41.0 Å². The lowest BCUT2D eigenvalue weighted by atomic mass is 10.1. The number of aliphatic hydroxyl groups is 1. The number of benzene rings is 1. The highest BCUT2D eigenvalue weighted by atomic mass is 16.3. The van der Waals surface area contributed by atoms with Gasteiger partial charge in [0, 0.05) is 49.8 Å². The number of aliphatic hydroxyl groups excluding tert-OH is 1. The van der Waals surface area contributed by atoms with E-state index < -0.39 is 6.10 Å². The fourth-order valence-corrected chi connectivity index (χ4v) is 2.87. The Bertz CT molecular complexity index is 559. The molecule has 1 aromatic rings. The van der Waals surface area contributed by atoms with Gasteiger partial charge in [-0.2, -0.15) is 0 Å². The Morgan fingerprint density at radius 1 is 1.21 bits per heavy atom. The molecule has 2 atom stereocenters. The molecule has 0 bridgehead atoms. The highest BCUT2D eigenvalue weighted by molar-refractivity contribution is 5.97. The van der Waals surface area contributed by atoms with Gasteiger partial charge in [-0.1, -0.05) is 6.92 Å². The molecule has 1 heterocycles. The van der Waals surface area contributed by atoms with Crippen LogP contribution in [-0.2, 0) is 0 Å². The van der Waals surface area contributed by atoms with Gasteiger partial charge in [0.2, 0.25) is 0 Å². The van der Waals surface area contributed by atoms with Gasteiger partial charge in [-0.05, 0) is 37.6 Å². The molecule has 132 valence electrons. The maximum absolute atomic E-state index is 12.4. The van der Waals surface area contributed by atoms with Crippen LogP contribution in [0.15, 0.2) is 24.3 Å². The van der Waals surface area contributed by atoms with Crippen LogP contribution in [0.5, 0.6) is 0 Å². The Morgan fingerprint density at radius 2 is 1.88 bits per heavy atom. The third kappa shape index (κ3) is 4.55. The van der Waals surface area contributed by atoms with Crippen molar-refractivity contribution in [1.82, 2.24) is 15.5 Å².